The van der Waals surface area contributed by atoms with Crippen LogP contribution in [0.15, 0.2) is 24.0 Å². The summed E-state index contributed by atoms with van der Waals surface area (Å²) in [6.45, 7) is 0. The highest BCUT2D eigenvalue weighted by atomic mass is 32.1. The molecule has 0 aliphatic rings. The third kappa shape index (κ3) is 1.17. The first-order valence-corrected chi connectivity index (χ1v) is 4.08. The summed E-state index contributed by atoms with van der Waals surface area (Å²) in [5.41, 5.74) is 1.89. The van der Waals surface area contributed by atoms with E-state index in [9.17, 15) is 0 Å². The molecular formula is C7H7N3S. The van der Waals surface area contributed by atoms with E-state index in [4.69, 9.17) is 0 Å². The Morgan fingerprint density at radius 2 is 2.36 bits per heavy atom. The van der Waals surface area contributed by atoms with Gasteiger partial charge >= 0.3 is 0 Å². The van der Waals surface area contributed by atoms with Gasteiger partial charge in [0.15, 0.2) is 0 Å². The van der Waals surface area contributed by atoms with Crippen molar-refractivity contribution in [2.45, 2.75) is 0 Å². The summed E-state index contributed by atoms with van der Waals surface area (Å²) in [5.74, 6) is 0. The minimum atomic E-state index is 0.939. The molecule has 0 aliphatic carbocycles. The van der Waals surface area contributed by atoms with Gasteiger partial charge < -0.3 is 4.57 Å². The highest BCUT2D eigenvalue weighted by Crippen LogP contribution is 2.14. The zero-order chi connectivity index (χ0) is 7.68. The standard InChI is InChI=1S/C7H7N3S/c1-10-4-7(8-5-10)6-2-3-11-9-6/h2-5H,1H3. The Morgan fingerprint density at radius 1 is 1.45 bits per heavy atom. The van der Waals surface area contributed by atoms with E-state index >= 15 is 0 Å². The van der Waals surface area contributed by atoms with Gasteiger partial charge in [0.2, 0.25) is 0 Å². The van der Waals surface area contributed by atoms with Crippen LogP contribution in [0.4, 0.5) is 0 Å². The Bertz CT molecular complexity index is 336. The van der Waals surface area contributed by atoms with Crippen LogP contribution in [-0.4, -0.2) is 13.9 Å². The summed E-state index contributed by atoms with van der Waals surface area (Å²) < 4.78 is 6.08. The Balaban J connectivity index is 2.45. The van der Waals surface area contributed by atoms with E-state index in [-0.39, 0.29) is 0 Å². The fourth-order valence-electron chi connectivity index (χ4n) is 0.890. The van der Waals surface area contributed by atoms with Crippen molar-refractivity contribution in [2.75, 3.05) is 0 Å². The molecule has 0 N–H and O–H groups in total. The number of hydrogen-bond donors (Lipinski definition) is 0. The fourth-order valence-corrected chi connectivity index (χ4v) is 1.41. The van der Waals surface area contributed by atoms with Gasteiger partial charge in [-0.2, -0.15) is 4.37 Å². The average Bonchev–Trinajstić information content (AvgIpc) is 2.55. The van der Waals surface area contributed by atoms with Gasteiger partial charge in [-0.1, -0.05) is 0 Å². The van der Waals surface area contributed by atoms with Crippen LogP contribution in [0.25, 0.3) is 11.4 Å². The quantitative estimate of drug-likeness (QED) is 0.641. The Morgan fingerprint density at radius 3 is 2.91 bits per heavy atom. The van der Waals surface area contributed by atoms with Crippen molar-refractivity contribution in [2.24, 2.45) is 7.05 Å². The van der Waals surface area contributed by atoms with E-state index in [2.05, 4.69) is 9.36 Å². The summed E-state index contributed by atoms with van der Waals surface area (Å²) in [7, 11) is 1.95. The van der Waals surface area contributed by atoms with Crippen molar-refractivity contribution >= 4 is 11.5 Å². The predicted octanol–water partition coefficient (Wildman–Crippen LogP) is 1.54. The molecule has 2 heterocycles. The van der Waals surface area contributed by atoms with Crippen LogP contribution in [0.5, 0.6) is 0 Å². The normalized spacial score (nSPS) is 10.3. The molecule has 0 aliphatic heterocycles. The topological polar surface area (TPSA) is 30.7 Å². The van der Waals surface area contributed by atoms with Crippen molar-refractivity contribution < 1.29 is 0 Å². The molecule has 56 valence electrons. The molecule has 0 fully saturated rings. The lowest BCUT2D eigenvalue weighted by atomic mass is 10.3. The minimum absolute atomic E-state index is 0.939. The van der Waals surface area contributed by atoms with Gasteiger partial charge in [-0.05, 0) is 17.6 Å². The molecule has 0 bridgehead atoms. The molecule has 0 amide bonds. The molecule has 4 heteroatoms. The molecule has 2 aromatic rings. The van der Waals surface area contributed by atoms with Crippen molar-refractivity contribution in [1.29, 1.82) is 0 Å². The van der Waals surface area contributed by atoms with E-state index in [1.54, 1.807) is 6.33 Å². The smallest absolute Gasteiger partial charge is 0.108 e. The molecule has 0 spiro atoms. The van der Waals surface area contributed by atoms with Crippen LogP contribution in [-0.2, 0) is 7.05 Å². The first-order valence-electron chi connectivity index (χ1n) is 3.25. The maximum Gasteiger partial charge on any atom is 0.108 e. The maximum absolute atomic E-state index is 4.17. The first kappa shape index (κ1) is 6.54. The van der Waals surface area contributed by atoms with E-state index in [0.717, 1.165) is 11.4 Å². The van der Waals surface area contributed by atoms with Crippen LogP contribution in [0.1, 0.15) is 0 Å². The second kappa shape index (κ2) is 2.47. The molecule has 2 rings (SSSR count). The number of imidazole rings is 1. The highest BCUT2D eigenvalue weighted by molar-refractivity contribution is 7.03. The van der Waals surface area contributed by atoms with Crippen LogP contribution in [0.3, 0.4) is 0 Å². The summed E-state index contributed by atoms with van der Waals surface area (Å²) in [4.78, 5) is 4.17. The molecule has 3 nitrogen and oxygen atoms in total. The van der Waals surface area contributed by atoms with Crippen molar-refractivity contribution in [1.82, 2.24) is 13.9 Å². The second-order valence-electron chi connectivity index (χ2n) is 2.31. The molecular weight excluding hydrogens is 158 g/mol. The molecule has 0 saturated carbocycles. The third-order valence-electron chi connectivity index (χ3n) is 1.41. The average molecular weight is 165 g/mol. The molecule has 0 aromatic carbocycles. The largest absolute Gasteiger partial charge is 0.340 e. The molecule has 2 aromatic heterocycles. The van der Waals surface area contributed by atoms with Crippen molar-refractivity contribution in [3.05, 3.63) is 24.0 Å². The zero-order valence-electron chi connectivity index (χ0n) is 6.06. The van der Waals surface area contributed by atoms with Crippen LogP contribution >= 0.6 is 11.5 Å². The lowest BCUT2D eigenvalue weighted by molar-refractivity contribution is 0.913. The summed E-state index contributed by atoms with van der Waals surface area (Å²) in [5, 5.41) is 1.95. The van der Waals surface area contributed by atoms with Gasteiger partial charge in [0.25, 0.3) is 0 Å². The van der Waals surface area contributed by atoms with Gasteiger partial charge in [-0.15, -0.1) is 0 Å². The van der Waals surface area contributed by atoms with Crippen LogP contribution in [0.2, 0.25) is 0 Å². The lowest BCUT2D eigenvalue weighted by Gasteiger charge is -1.84. The SMILES string of the molecule is Cn1cnc(-c2ccsn2)c1. The van der Waals surface area contributed by atoms with Gasteiger partial charge in [-0.3, -0.25) is 0 Å². The Hall–Kier alpha value is -1.16. The van der Waals surface area contributed by atoms with E-state index in [1.165, 1.54) is 11.5 Å². The van der Waals surface area contributed by atoms with Crippen molar-refractivity contribution in [3.63, 3.8) is 0 Å². The van der Waals surface area contributed by atoms with Crippen molar-refractivity contribution in [3.8, 4) is 11.4 Å². The summed E-state index contributed by atoms with van der Waals surface area (Å²) in [6, 6.07) is 1.97. The Labute approximate surface area is 68.5 Å². The zero-order valence-corrected chi connectivity index (χ0v) is 6.88. The van der Waals surface area contributed by atoms with Gasteiger partial charge in [0.1, 0.15) is 11.4 Å². The van der Waals surface area contributed by atoms with E-state index in [0.29, 0.717) is 0 Å². The number of aryl methyl sites for hydroxylation is 1. The monoisotopic (exact) mass is 165 g/mol. The van der Waals surface area contributed by atoms with Crippen LogP contribution in [0, 0.1) is 0 Å². The molecule has 0 unspecified atom stereocenters. The molecule has 11 heavy (non-hydrogen) atoms. The summed E-state index contributed by atoms with van der Waals surface area (Å²) >= 11 is 1.44. The number of hydrogen-bond acceptors (Lipinski definition) is 3. The fraction of sp³-hybridized carbons (Fsp3) is 0.143. The minimum Gasteiger partial charge on any atom is -0.340 e. The summed E-state index contributed by atoms with van der Waals surface area (Å²) in [6.07, 6.45) is 3.73. The first-order chi connectivity index (χ1) is 5.36. The van der Waals surface area contributed by atoms with Gasteiger partial charge in [0, 0.05) is 18.6 Å². The molecule has 0 radical (unpaired) electrons. The highest BCUT2D eigenvalue weighted by Gasteiger charge is 2.00. The van der Waals surface area contributed by atoms with Gasteiger partial charge in [0.05, 0.1) is 6.33 Å². The maximum atomic E-state index is 4.17. The third-order valence-corrected chi connectivity index (χ3v) is 1.97. The molecule has 0 saturated heterocycles. The van der Waals surface area contributed by atoms with Crippen LogP contribution < -0.4 is 0 Å². The van der Waals surface area contributed by atoms with Gasteiger partial charge in [-0.25, -0.2) is 4.98 Å². The second-order valence-corrected chi connectivity index (χ2v) is 2.97. The predicted molar refractivity (Wildman–Crippen MR) is 44.3 cm³/mol. The molecule has 0 atom stereocenters. The number of rotatable bonds is 1. The van der Waals surface area contributed by atoms with E-state index in [1.807, 2.05) is 29.3 Å². The lowest BCUT2D eigenvalue weighted by Crippen LogP contribution is -1.77. The number of aromatic nitrogens is 3. The van der Waals surface area contributed by atoms with E-state index < -0.39 is 0 Å². The number of nitrogens with zero attached hydrogens (tertiary/aromatic N) is 3. The Kier molecular flexibility index (Phi) is 1.47.